The number of carboxylic acids is 1. The minimum Gasteiger partial charge on any atom is -0.478 e. The van der Waals surface area contributed by atoms with E-state index in [9.17, 15) is 4.79 Å². The lowest BCUT2D eigenvalue weighted by Crippen LogP contribution is -2.41. The molecule has 2 heterocycles. The molecule has 1 fully saturated rings. The van der Waals surface area contributed by atoms with Gasteiger partial charge in [-0.05, 0) is 33.8 Å². The number of hydrogen-bond acceptors (Lipinski definition) is 5. The van der Waals surface area contributed by atoms with Crippen LogP contribution in [-0.4, -0.2) is 34.4 Å². The molecule has 0 spiro atoms. The Morgan fingerprint density at radius 3 is 2.43 bits per heavy atom. The van der Waals surface area contributed by atoms with Crippen molar-refractivity contribution >= 4 is 25.0 Å². The summed E-state index contributed by atoms with van der Waals surface area (Å²) in [7, 11) is -0.559. The molecule has 0 bridgehead atoms. The fourth-order valence-electron chi connectivity index (χ4n) is 1.99. The van der Waals surface area contributed by atoms with E-state index in [1.54, 1.807) is 12.1 Å². The molecular weight excluding hydrogens is 271 g/mol. The molecule has 0 amide bonds. The summed E-state index contributed by atoms with van der Waals surface area (Å²) in [6, 6.07) is 1.41. The summed E-state index contributed by atoms with van der Waals surface area (Å²) >= 11 is 0. The number of nitrogen functional groups attached to an aromatic ring is 1. The maximum absolute atomic E-state index is 11.2. The van der Waals surface area contributed by atoms with Crippen LogP contribution < -0.4 is 5.73 Å². The van der Waals surface area contributed by atoms with Crippen LogP contribution in [0.2, 0.25) is 0 Å². The highest BCUT2D eigenvalue weighted by atomic mass is 16.7. The van der Waals surface area contributed by atoms with Crippen molar-refractivity contribution in [3.05, 3.63) is 29.4 Å². The van der Waals surface area contributed by atoms with Crippen LogP contribution in [0.5, 0.6) is 0 Å². The smallest absolute Gasteiger partial charge is 0.478 e. The van der Waals surface area contributed by atoms with Gasteiger partial charge in [-0.2, -0.15) is 0 Å². The zero-order valence-corrected chi connectivity index (χ0v) is 12.6. The fraction of sp³-hybridized carbons (Fsp3) is 0.429. The van der Waals surface area contributed by atoms with Gasteiger partial charge < -0.3 is 20.1 Å². The number of hydrogen-bond donors (Lipinski definition) is 2. The number of pyridine rings is 1. The number of carbonyl (C=O) groups is 1. The second-order valence-corrected chi connectivity index (χ2v) is 5.95. The van der Waals surface area contributed by atoms with Gasteiger partial charge in [-0.15, -0.1) is 0 Å². The van der Waals surface area contributed by atoms with Crippen LogP contribution in [0.1, 0.15) is 43.6 Å². The third-order valence-corrected chi connectivity index (χ3v) is 3.94. The Hall–Kier alpha value is -1.86. The highest BCUT2D eigenvalue weighted by Crippen LogP contribution is 2.37. The molecule has 7 heteroatoms. The highest BCUT2D eigenvalue weighted by molar-refractivity contribution is 6.52. The van der Waals surface area contributed by atoms with Crippen LogP contribution in [0.25, 0.3) is 6.08 Å². The Balaban J connectivity index is 2.26. The van der Waals surface area contributed by atoms with Crippen LogP contribution in [0, 0.1) is 0 Å². The van der Waals surface area contributed by atoms with Gasteiger partial charge in [-0.3, -0.25) is 0 Å². The molecule has 0 aromatic carbocycles. The second-order valence-electron chi connectivity index (χ2n) is 5.95. The summed E-state index contributed by atoms with van der Waals surface area (Å²) in [5.41, 5.74) is 5.29. The lowest BCUT2D eigenvalue weighted by Gasteiger charge is -2.32. The van der Waals surface area contributed by atoms with E-state index in [2.05, 4.69) is 4.98 Å². The predicted octanol–water partition coefficient (Wildman–Crippen LogP) is 2.01. The lowest BCUT2D eigenvalue weighted by molar-refractivity contribution is 0.00578. The molecule has 1 aromatic heterocycles. The van der Waals surface area contributed by atoms with Gasteiger partial charge in [0, 0.05) is 11.8 Å². The molecule has 3 N–H and O–H groups in total. The van der Waals surface area contributed by atoms with Crippen molar-refractivity contribution in [2.45, 2.75) is 38.9 Å². The van der Waals surface area contributed by atoms with Crippen LogP contribution >= 0.6 is 0 Å². The Bertz CT molecular complexity index is 583. The molecule has 1 saturated heterocycles. The molecule has 0 unspecified atom stereocenters. The van der Waals surface area contributed by atoms with Gasteiger partial charge in [-0.25, -0.2) is 9.78 Å². The maximum atomic E-state index is 11.2. The number of aromatic carboxylic acids is 1. The zero-order valence-electron chi connectivity index (χ0n) is 12.6. The third kappa shape index (κ3) is 2.93. The lowest BCUT2D eigenvalue weighted by atomic mass is 9.88. The van der Waals surface area contributed by atoms with E-state index in [1.807, 2.05) is 27.7 Å². The van der Waals surface area contributed by atoms with E-state index in [4.69, 9.17) is 20.1 Å². The Morgan fingerprint density at radius 1 is 1.33 bits per heavy atom. The summed E-state index contributed by atoms with van der Waals surface area (Å²) in [6.45, 7) is 7.79. The van der Waals surface area contributed by atoms with Crippen LogP contribution in [0.3, 0.4) is 0 Å². The Morgan fingerprint density at radius 2 is 1.90 bits per heavy atom. The van der Waals surface area contributed by atoms with Gasteiger partial charge in [-0.1, -0.05) is 12.1 Å². The number of anilines is 1. The molecule has 2 rings (SSSR count). The van der Waals surface area contributed by atoms with Crippen molar-refractivity contribution in [2.24, 2.45) is 0 Å². The molecule has 1 aromatic rings. The van der Waals surface area contributed by atoms with Crippen molar-refractivity contribution in [3.63, 3.8) is 0 Å². The van der Waals surface area contributed by atoms with Crippen molar-refractivity contribution in [1.82, 2.24) is 4.98 Å². The van der Waals surface area contributed by atoms with Crippen LogP contribution in [0.4, 0.5) is 5.82 Å². The molecule has 1 aliphatic heterocycles. The van der Waals surface area contributed by atoms with Crippen molar-refractivity contribution in [3.8, 4) is 0 Å². The maximum Gasteiger partial charge on any atom is 0.487 e. The molecule has 112 valence electrons. The molecule has 6 nitrogen and oxygen atoms in total. The summed E-state index contributed by atoms with van der Waals surface area (Å²) in [5, 5.41) is 9.17. The van der Waals surface area contributed by atoms with Crippen LogP contribution in [0.15, 0.2) is 18.2 Å². The first-order valence-electron chi connectivity index (χ1n) is 6.66. The summed E-state index contributed by atoms with van der Waals surface area (Å²) < 4.78 is 11.6. The zero-order chi connectivity index (χ0) is 15.8. The third-order valence-electron chi connectivity index (χ3n) is 3.94. The number of aromatic nitrogens is 1. The molecule has 0 atom stereocenters. The first kappa shape index (κ1) is 15.5. The van der Waals surface area contributed by atoms with Gasteiger partial charge in [0.1, 0.15) is 5.82 Å². The van der Waals surface area contributed by atoms with Crippen molar-refractivity contribution < 1.29 is 19.2 Å². The summed E-state index contributed by atoms with van der Waals surface area (Å²) in [6.07, 6.45) is 2.94. The topological polar surface area (TPSA) is 94.7 Å². The number of nitrogens with zero attached hydrogens (tertiary/aromatic N) is 1. The second kappa shape index (κ2) is 5.16. The monoisotopic (exact) mass is 290 g/mol. The Labute approximate surface area is 124 Å². The normalized spacial score (nSPS) is 20.1. The average Bonchev–Trinajstić information content (AvgIpc) is 2.55. The minimum atomic E-state index is -1.06. The van der Waals surface area contributed by atoms with E-state index in [0.717, 1.165) is 0 Å². The number of rotatable bonds is 3. The molecule has 0 saturated carbocycles. The van der Waals surface area contributed by atoms with Gasteiger partial charge in [0.15, 0.2) is 0 Å². The first-order chi connectivity index (χ1) is 9.64. The van der Waals surface area contributed by atoms with Crippen LogP contribution in [-0.2, 0) is 9.31 Å². The number of carboxylic acid groups (broad SMARTS) is 1. The van der Waals surface area contributed by atoms with E-state index >= 15 is 0 Å². The molecular formula is C14H19BN2O4. The van der Waals surface area contributed by atoms with Gasteiger partial charge in [0.05, 0.1) is 16.8 Å². The predicted molar refractivity (Wildman–Crippen MR) is 80.7 cm³/mol. The van der Waals surface area contributed by atoms with E-state index < -0.39 is 24.3 Å². The number of nitrogens with two attached hydrogens (primary N) is 1. The fourth-order valence-corrected chi connectivity index (χ4v) is 1.99. The van der Waals surface area contributed by atoms with E-state index in [-0.39, 0.29) is 11.4 Å². The SMILES string of the molecule is CC1(C)OB(/C=C/c2c(C(=O)O)ccnc2N)OC1(C)C. The molecule has 21 heavy (non-hydrogen) atoms. The highest BCUT2D eigenvalue weighted by Gasteiger charge is 2.50. The summed E-state index contributed by atoms with van der Waals surface area (Å²) in [4.78, 5) is 15.1. The van der Waals surface area contributed by atoms with Gasteiger partial charge >= 0.3 is 13.1 Å². The molecule has 0 radical (unpaired) electrons. The van der Waals surface area contributed by atoms with E-state index in [0.29, 0.717) is 5.56 Å². The molecule has 1 aliphatic rings. The van der Waals surface area contributed by atoms with Gasteiger partial charge in [0.2, 0.25) is 0 Å². The Kier molecular flexibility index (Phi) is 3.82. The average molecular weight is 290 g/mol. The minimum absolute atomic E-state index is 0.0928. The molecule has 0 aliphatic carbocycles. The quantitative estimate of drug-likeness (QED) is 0.827. The summed E-state index contributed by atoms with van der Waals surface area (Å²) in [5.74, 6) is 0.747. The van der Waals surface area contributed by atoms with Crippen molar-refractivity contribution in [2.75, 3.05) is 5.73 Å². The van der Waals surface area contributed by atoms with Crippen molar-refractivity contribution in [1.29, 1.82) is 0 Å². The van der Waals surface area contributed by atoms with Gasteiger partial charge in [0.25, 0.3) is 0 Å². The largest absolute Gasteiger partial charge is 0.487 e. The van der Waals surface area contributed by atoms with E-state index in [1.165, 1.54) is 12.3 Å². The first-order valence-corrected chi connectivity index (χ1v) is 6.66. The standard InChI is InChI=1S/C14H19BN2O4/c1-13(2)14(3,4)21-15(20-13)7-5-9-10(12(18)19)6-8-17-11(9)16/h5-8H,1-4H3,(H2,16,17)(H,18,19)/b7-5+.